The van der Waals surface area contributed by atoms with Gasteiger partial charge in [0.15, 0.2) is 0 Å². The van der Waals surface area contributed by atoms with Gasteiger partial charge in [-0.2, -0.15) is 0 Å². The van der Waals surface area contributed by atoms with Gasteiger partial charge in [-0.15, -0.1) is 24.8 Å². The number of benzene rings is 1. The zero-order valence-electron chi connectivity index (χ0n) is 17.3. The molecule has 5 nitrogen and oxygen atoms in total. The van der Waals surface area contributed by atoms with Gasteiger partial charge < -0.3 is 15.8 Å². The summed E-state index contributed by atoms with van der Waals surface area (Å²) in [7, 11) is 0. The first-order chi connectivity index (χ1) is 13.2. The van der Waals surface area contributed by atoms with E-state index >= 15 is 0 Å². The van der Waals surface area contributed by atoms with Crippen LogP contribution in [0, 0.1) is 5.92 Å². The van der Waals surface area contributed by atoms with Crippen molar-refractivity contribution in [3.8, 4) is 0 Å². The van der Waals surface area contributed by atoms with Gasteiger partial charge in [0.1, 0.15) is 0 Å². The Kier molecular flexibility index (Phi) is 12.8. The molecular weight excluding hydrogens is 409 g/mol. The van der Waals surface area contributed by atoms with Crippen LogP contribution in [0.5, 0.6) is 0 Å². The molecule has 0 radical (unpaired) electrons. The van der Waals surface area contributed by atoms with Crippen molar-refractivity contribution >= 4 is 30.7 Å². The Morgan fingerprint density at radius 2 is 1.76 bits per heavy atom. The normalized spacial score (nSPS) is 23.3. The summed E-state index contributed by atoms with van der Waals surface area (Å²) in [5, 5.41) is 3.17. The lowest BCUT2D eigenvalue weighted by molar-refractivity contribution is -0.125. The van der Waals surface area contributed by atoms with Gasteiger partial charge in [-0.3, -0.25) is 9.69 Å². The minimum absolute atomic E-state index is 0. The molecule has 0 unspecified atom stereocenters. The van der Waals surface area contributed by atoms with E-state index in [0.717, 1.165) is 77.8 Å². The van der Waals surface area contributed by atoms with Gasteiger partial charge in [0.2, 0.25) is 5.91 Å². The van der Waals surface area contributed by atoms with Crippen LogP contribution in [-0.2, 0) is 16.0 Å². The molecule has 0 aliphatic carbocycles. The Labute approximate surface area is 187 Å². The molecule has 2 aliphatic heterocycles. The van der Waals surface area contributed by atoms with E-state index in [0.29, 0.717) is 6.04 Å². The molecule has 7 heteroatoms. The fraction of sp³-hybridized carbons (Fsp3) is 0.682. The molecule has 2 heterocycles. The number of amides is 1. The molecule has 2 atom stereocenters. The second-order valence-electron chi connectivity index (χ2n) is 8.07. The maximum atomic E-state index is 12.7. The molecule has 1 amide bonds. The molecule has 166 valence electrons. The Balaban J connectivity index is 0.00000210. The lowest BCUT2D eigenvalue weighted by Crippen LogP contribution is -2.47. The average Bonchev–Trinajstić information content (AvgIpc) is 2.91. The number of nitrogens with one attached hydrogen (secondary N) is 1. The Hall–Kier alpha value is -0.850. The number of hydrogen-bond acceptors (Lipinski definition) is 4. The second kappa shape index (κ2) is 14.2. The molecule has 0 aromatic heterocycles. The fourth-order valence-electron chi connectivity index (χ4n) is 4.27. The molecule has 1 aromatic rings. The summed E-state index contributed by atoms with van der Waals surface area (Å²) >= 11 is 0. The SMILES string of the molecule is Cl.Cl.N[C@H]1CC[C@@H](C(=O)NCCCCc2ccccc2)CN(C2CCOCC2)C1. The van der Waals surface area contributed by atoms with Gasteiger partial charge in [-0.25, -0.2) is 0 Å². The van der Waals surface area contributed by atoms with E-state index in [1.54, 1.807) is 0 Å². The minimum atomic E-state index is 0. The Morgan fingerprint density at radius 3 is 2.48 bits per heavy atom. The number of unbranched alkanes of at least 4 members (excludes halogenated alkanes) is 1. The van der Waals surface area contributed by atoms with E-state index in [9.17, 15) is 4.79 Å². The largest absolute Gasteiger partial charge is 0.381 e. The smallest absolute Gasteiger partial charge is 0.224 e. The molecule has 1 aromatic carbocycles. The van der Waals surface area contributed by atoms with E-state index < -0.39 is 0 Å². The van der Waals surface area contributed by atoms with E-state index in [2.05, 4.69) is 34.5 Å². The molecule has 29 heavy (non-hydrogen) atoms. The van der Waals surface area contributed by atoms with Gasteiger partial charge in [-0.05, 0) is 50.5 Å². The summed E-state index contributed by atoms with van der Waals surface area (Å²) in [6.45, 7) is 4.18. The molecule has 0 spiro atoms. The van der Waals surface area contributed by atoms with Crippen LogP contribution in [0.4, 0.5) is 0 Å². The van der Waals surface area contributed by atoms with Gasteiger partial charge in [0.25, 0.3) is 0 Å². The lowest BCUT2D eigenvalue weighted by atomic mass is 10.0. The quantitative estimate of drug-likeness (QED) is 0.632. The molecule has 0 bridgehead atoms. The number of hydrogen-bond donors (Lipinski definition) is 2. The minimum Gasteiger partial charge on any atom is -0.381 e. The van der Waals surface area contributed by atoms with Crippen LogP contribution < -0.4 is 11.1 Å². The highest BCUT2D eigenvalue weighted by Gasteiger charge is 2.31. The number of likely N-dealkylation sites (tertiary alicyclic amines) is 1. The van der Waals surface area contributed by atoms with Crippen molar-refractivity contribution in [2.75, 3.05) is 32.8 Å². The Bertz CT molecular complexity index is 570. The van der Waals surface area contributed by atoms with Gasteiger partial charge in [0, 0.05) is 44.9 Å². The van der Waals surface area contributed by atoms with E-state index in [1.807, 2.05) is 6.07 Å². The number of carbonyl (C=O) groups excluding carboxylic acids is 1. The average molecular weight is 446 g/mol. The van der Waals surface area contributed by atoms with Crippen LogP contribution in [-0.4, -0.2) is 55.7 Å². The van der Waals surface area contributed by atoms with Crippen LogP contribution in [0.1, 0.15) is 44.1 Å². The van der Waals surface area contributed by atoms with Crippen LogP contribution in [0.25, 0.3) is 0 Å². The number of nitrogens with zero attached hydrogens (tertiary/aromatic N) is 1. The predicted molar refractivity (Wildman–Crippen MR) is 123 cm³/mol. The van der Waals surface area contributed by atoms with Gasteiger partial charge in [0.05, 0.1) is 5.92 Å². The highest BCUT2D eigenvalue weighted by atomic mass is 35.5. The zero-order chi connectivity index (χ0) is 18.9. The van der Waals surface area contributed by atoms with Gasteiger partial charge >= 0.3 is 0 Å². The number of rotatable bonds is 7. The van der Waals surface area contributed by atoms with Crippen molar-refractivity contribution < 1.29 is 9.53 Å². The highest BCUT2D eigenvalue weighted by Crippen LogP contribution is 2.22. The van der Waals surface area contributed by atoms with Crippen molar-refractivity contribution in [3.05, 3.63) is 35.9 Å². The summed E-state index contributed by atoms with van der Waals surface area (Å²) < 4.78 is 5.49. The molecule has 2 saturated heterocycles. The lowest BCUT2D eigenvalue weighted by Gasteiger charge is -2.35. The van der Waals surface area contributed by atoms with Crippen LogP contribution in [0.2, 0.25) is 0 Å². The number of nitrogens with two attached hydrogens (primary N) is 1. The second-order valence-corrected chi connectivity index (χ2v) is 8.07. The first-order valence-electron chi connectivity index (χ1n) is 10.6. The molecule has 3 rings (SSSR count). The molecular formula is C22H37Cl2N3O2. The van der Waals surface area contributed by atoms with E-state index in [-0.39, 0.29) is 42.7 Å². The maximum Gasteiger partial charge on any atom is 0.224 e. The van der Waals surface area contributed by atoms with Crippen molar-refractivity contribution in [2.24, 2.45) is 11.7 Å². The van der Waals surface area contributed by atoms with Crippen LogP contribution in [0.15, 0.2) is 30.3 Å². The van der Waals surface area contributed by atoms with Gasteiger partial charge in [-0.1, -0.05) is 30.3 Å². The van der Waals surface area contributed by atoms with E-state index in [1.165, 1.54) is 5.56 Å². The van der Waals surface area contributed by atoms with Crippen LogP contribution in [0.3, 0.4) is 0 Å². The first-order valence-corrected chi connectivity index (χ1v) is 10.6. The zero-order valence-corrected chi connectivity index (χ0v) is 18.9. The number of carbonyl (C=O) groups is 1. The van der Waals surface area contributed by atoms with Crippen LogP contribution >= 0.6 is 24.8 Å². The van der Waals surface area contributed by atoms with Crippen molar-refractivity contribution in [1.82, 2.24) is 10.2 Å². The first kappa shape index (κ1) is 26.2. The highest BCUT2D eigenvalue weighted by molar-refractivity contribution is 5.85. The van der Waals surface area contributed by atoms with Crippen molar-refractivity contribution in [2.45, 2.75) is 57.0 Å². The summed E-state index contributed by atoms with van der Waals surface area (Å²) in [6, 6.07) is 11.2. The number of halogens is 2. The summed E-state index contributed by atoms with van der Waals surface area (Å²) in [6.07, 6.45) is 7.15. The molecule has 0 saturated carbocycles. The Morgan fingerprint density at radius 1 is 1.03 bits per heavy atom. The summed E-state index contributed by atoms with van der Waals surface area (Å²) in [5.74, 6) is 0.274. The molecule has 2 fully saturated rings. The van der Waals surface area contributed by atoms with Crippen molar-refractivity contribution in [1.29, 1.82) is 0 Å². The maximum absolute atomic E-state index is 12.7. The topological polar surface area (TPSA) is 67.6 Å². The third kappa shape index (κ3) is 8.81. The molecule has 3 N–H and O–H groups in total. The molecule has 2 aliphatic rings. The summed E-state index contributed by atoms with van der Waals surface area (Å²) in [5.41, 5.74) is 7.65. The fourth-order valence-corrected chi connectivity index (χ4v) is 4.27. The third-order valence-electron chi connectivity index (χ3n) is 5.92. The number of aryl methyl sites for hydroxylation is 1. The van der Waals surface area contributed by atoms with Crippen molar-refractivity contribution in [3.63, 3.8) is 0 Å². The van der Waals surface area contributed by atoms with E-state index in [4.69, 9.17) is 10.5 Å². The predicted octanol–water partition coefficient (Wildman–Crippen LogP) is 3.19. The standard InChI is InChI=1S/C22H35N3O2.2ClH/c23-20-10-9-19(16-25(17-20)21-11-14-27-15-12-21)22(26)24-13-5-4-8-18-6-2-1-3-7-18;;/h1-3,6-7,19-21H,4-5,8-17,23H2,(H,24,26);2*1H/t19-,20+;;/m1../s1. The third-order valence-corrected chi connectivity index (χ3v) is 5.92. The number of ether oxygens (including phenoxy) is 1. The summed E-state index contributed by atoms with van der Waals surface area (Å²) in [4.78, 5) is 15.2. The monoisotopic (exact) mass is 445 g/mol.